The van der Waals surface area contributed by atoms with E-state index < -0.39 is 11.9 Å². The fourth-order valence-electron chi connectivity index (χ4n) is 1.93. The van der Waals surface area contributed by atoms with E-state index in [9.17, 15) is 9.59 Å². The summed E-state index contributed by atoms with van der Waals surface area (Å²) in [7, 11) is 1.58. The Kier molecular flexibility index (Phi) is 6.25. The lowest BCUT2D eigenvalue weighted by Crippen LogP contribution is -2.32. The molecule has 2 rings (SSSR count). The molecule has 0 heterocycles. The lowest BCUT2D eigenvalue weighted by Gasteiger charge is -2.08. The summed E-state index contributed by atoms with van der Waals surface area (Å²) in [5, 5.41) is 14.3. The van der Waals surface area contributed by atoms with Crippen LogP contribution in [0.2, 0.25) is 0 Å². The third kappa shape index (κ3) is 5.74. The largest absolute Gasteiger partial charge is 0.497 e. The van der Waals surface area contributed by atoms with Crippen LogP contribution in [0.1, 0.15) is 15.9 Å². The summed E-state index contributed by atoms with van der Waals surface area (Å²) in [6.07, 6.45) is 2.99. The van der Waals surface area contributed by atoms with Crippen LogP contribution in [0.3, 0.4) is 0 Å². The number of carboxylic acid groups (broad SMARTS) is 1. The van der Waals surface area contributed by atoms with Crippen LogP contribution in [0.15, 0.2) is 54.6 Å². The Morgan fingerprint density at radius 2 is 1.88 bits per heavy atom. The first-order valence-electron chi connectivity index (χ1n) is 7.25. The van der Waals surface area contributed by atoms with Crippen molar-refractivity contribution in [2.75, 3.05) is 12.4 Å². The molecule has 0 spiro atoms. The predicted molar refractivity (Wildman–Crippen MR) is 99.8 cm³/mol. The van der Waals surface area contributed by atoms with Gasteiger partial charge in [-0.25, -0.2) is 4.79 Å². The average Bonchev–Trinajstić information content (AvgIpc) is 2.60. The maximum absolute atomic E-state index is 11.9. The molecule has 0 unspecified atom stereocenters. The predicted octanol–water partition coefficient (Wildman–Crippen LogP) is 2.92. The van der Waals surface area contributed by atoms with E-state index in [-0.39, 0.29) is 10.7 Å². The van der Waals surface area contributed by atoms with E-state index in [2.05, 4.69) is 10.6 Å². The molecule has 7 heteroatoms. The molecular formula is C18H16N2O4S. The molecule has 1 amide bonds. The molecule has 128 valence electrons. The molecule has 0 saturated carbocycles. The highest BCUT2D eigenvalue weighted by Gasteiger charge is 2.05. The Balaban J connectivity index is 1.91. The molecular weight excluding hydrogens is 340 g/mol. The summed E-state index contributed by atoms with van der Waals surface area (Å²) in [5.41, 5.74) is 1.44. The number of carboxylic acids is 1. The van der Waals surface area contributed by atoms with E-state index >= 15 is 0 Å². The van der Waals surface area contributed by atoms with Gasteiger partial charge in [-0.05, 0) is 54.2 Å². The number of hydrogen-bond acceptors (Lipinski definition) is 4. The van der Waals surface area contributed by atoms with Crippen LogP contribution in [0, 0.1) is 0 Å². The Morgan fingerprint density at radius 3 is 2.52 bits per heavy atom. The van der Waals surface area contributed by atoms with Crippen molar-refractivity contribution in [3.8, 4) is 5.75 Å². The van der Waals surface area contributed by atoms with Crippen LogP contribution in [0.25, 0.3) is 6.08 Å². The number of hydrogen-bond donors (Lipinski definition) is 3. The fraction of sp³-hybridized carbons (Fsp3) is 0.0556. The van der Waals surface area contributed by atoms with E-state index in [0.717, 1.165) is 11.3 Å². The van der Waals surface area contributed by atoms with Crippen molar-refractivity contribution in [3.63, 3.8) is 0 Å². The number of carbonyl (C=O) groups is 2. The smallest absolute Gasteiger partial charge is 0.335 e. The number of ether oxygens (including phenoxy) is 1. The van der Waals surface area contributed by atoms with Crippen LogP contribution in [0.5, 0.6) is 5.75 Å². The van der Waals surface area contributed by atoms with E-state index in [0.29, 0.717) is 5.69 Å². The summed E-state index contributed by atoms with van der Waals surface area (Å²) in [6, 6.07) is 13.3. The number of rotatable bonds is 5. The van der Waals surface area contributed by atoms with Crippen LogP contribution in [0.4, 0.5) is 5.69 Å². The van der Waals surface area contributed by atoms with Crippen LogP contribution >= 0.6 is 12.2 Å². The number of thiocarbonyl (C=S) groups is 1. The van der Waals surface area contributed by atoms with Crippen molar-refractivity contribution in [1.29, 1.82) is 0 Å². The Labute approximate surface area is 150 Å². The maximum atomic E-state index is 11.9. The summed E-state index contributed by atoms with van der Waals surface area (Å²) in [5.74, 6) is -0.709. The number of methoxy groups -OCH3 is 1. The molecule has 0 saturated heterocycles. The normalized spacial score (nSPS) is 10.3. The first-order valence-corrected chi connectivity index (χ1v) is 7.66. The Morgan fingerprint density at radius 1 is 1.16 bits per heavy atom. The molecule has 0 bridgehead atoms. The van der Waals surface area contributed by atoms with E-state index in [4.69, 9.17) is 22.1 Å². The Hall–Kier alpha value is -3.19. The topological polar surface area (TPSA) is 87.7 Å². The fourth-order valence-corrected chi connectivity index (χ4v) is 2.15. The van der Waals surface area contributed by atoms with Crippen molar-refractivity contribution in [3.05, 3.63) is 65.7 Å². The zero-order chi connectivity index (χ0) is 18.2. The number of anilines is 1. The molecule has 0 aliphatic heterocycles. The molecule has 6 nitrogen and oxygen atoms in total. The first kappa shape index (κ1) is 18.2. The van der Waals surface area contributed by atoms with Gasteiger partial charge in [-0.3, -0.25) is 10.1 Å². The molecule has 3 N–H and O–H groups in total. The second-order valence-corrected chi connectivity index (χ2v) is 5.34. The lowest BCUT2D eigenvalue weighted by atomic mass is 10.2. The number of carbonyl (C=O) groups excluding carboxylic acids is 1. The standard InChI is InChI=1S/C18H16N2O4S/c1-24-15-8-5-12(6-9-15)7-10-16(21)20-18(25)19-14-4-2-3-13(11-14)17(22)23/h2-11H,1H3,(H,22,23)(H2,19,20,21,25). The van der Waals surface area contributed by atoms with Crippen molar-refractivity contribution >= 4 is 41.0 Å². The molecule has 0 aliphatic rings. The van der Waals surface area contributed by atoms with E-state index in [1.807, 2.05) is 12.1 Å². The highest BCUT2D eigenvalue weighted by atomic mass is 32.1. The minimum Gasteiger partial charge on any atom is -0.497 e. The number of aromatic carboxylic acids is 1. The highest BCUT2D eigenvalue weighted by molar-refractivity contribution is 7.80. The molecule has 0 radical (unpaired) electrons. The molecule has 2 aromatic rings. The molecule has 0 aromatic heterocycles. The molecule has 25 heavy (non-hydrogen) atoms. The second kappa shape index (κ2) is 8.60. The van der Waals surface area contributed by atoms with Crippen LogP contribution in [-0.2, 0) is 4.79 Å². The second-order valence-electron chi connectivity index (χ2n) is 4.94. The van der Waals surface area contributed by atoms with Gasteiger partial charge in [-0.2, -0.15) is 0 Å². The van der Waals surface area contributed by atoms with Gasteiger partial charge in [-0.15, -0.1) is 0 Å². The molecule has 0 atom stereocenters. The maximum Gasteiger partial charge on any atom is 0.335 e. The molecule has 0 aliphatic carbocycles. The third-order valence-electron chi connectivity index (χ3n) is 3.15. The summed E-state index contributed by atoms with van der Waals surface area (Å²) in [6.45, 7) is 0. The van der Waals surface area contributed by atoms with Crippen molar-refractivity contribution < 1.29 is 19.4 Å². The van der Waals surface area contributed by atoms with Gasteiger partial charge in [0.05, 0.1) is 12.7 Å². The minimum atomic E-state index is -1.04. The monoisotopic (exact) mass is 356 g/mol. The number of amides is 1. The van der Waals surface area contributed by atoms with Gasteiger partial charge in [0, 0.05) is 11.8 Å². The molecule has 0 fully saturated rings. The van der Waals surface area contributed by atoms with Gasteiger partial charge < -0.3 is 15.2 Å². The van der Waals surface area contributed by atoms with Gasteiger partial charge >= 0.3 is 5.97 Å². The SMILES string of the molecule is COc1ccc(C=CC(=O)NC(=S)Nc2cccc(C(=O)O)c2)cc1. The zero-order valence-corrected chi connectivity index (χ0v) is 14.2. The van der Waals surface area contributed by atoms with Gasteiger partial charge in [0.1, 0.15) is 5.75 Å². The minimum absolute atomic E-state index is 0.0759. The van der Waals surface area contributed by atoms with E-state index in [1.54, 1.807) is 37.5 Å². The lowest BCUT2D eigenvalue weighted by molar-refractivity contribution is -0.115. The third-order valence-corrected chi connectivity index (χ3v) is 3.35. The summed E-state index contributed by atoms with van der Waals surface area (Å²) in [4.78, 5) is 22.8. The van der Waals surface area contributed by atoms with Gasteiger partial charge in [0.15, 0.2) is 5.11 Å². The first-order chi connectivity index (χ1) is 12.0. The summed E-state index contributed by atoms with van der Waals surface area (Å²) < 4.78 is 5.06. The number of nitrogens with one attached hydrogen (secondary N) is 2. The van der Waals surface area contributed by atoms with Gasteiger partial charge in [0.2, 0.25) is 5.91 Å². The Bertz CT molecular complexity index is 816. The number of benzene rings is 2. The zero-order valence-electron chi connectivity index (χ0n) is 13.4. The van der Waals surface area contributed by atoms with Crippen LogP contribution in [-0.4, -0.2) is 29.2 Å². The van der Waals surface area contributed by atoms with E-state index in [1.165, 1.54) is 18.2 Å². The molecule has 2 aromatic carbocycles. The van der Waals surface area contributed by atoms with Crippen LogP contribution < -0.4 is 15.4 Å². The van der Waals surface area contributed by atoms with Crippen molar-refractivity contribution in [2.45, 2.75) is 0 Å². The summed E-state index contributed by atoms with van der Waals surface area (Å²) >= 11 is 5.04. The van der Waals surface area contributed by atoms with Crippen molar-refractivity contribution in [1.82, 2.24) is 5.32 Å². The van der Waals surface area contributed by atoms with Gasteiger partial charge in [-0.1, -0.05) is 18.2 Å². The van der Waals surface area contributed by atoms with Gasteiger partial charge in [0.25, 0.3) is 0 Å². The van der Waals surface area contributed by atoms with Crippen molar-refractivity contribution in [2.24, 2.45) is 0 Å². The highest BCUT2D eigenvalue weighted by Crippen LogP contribution is 2.12. The average molecular weight is 356 g/mol. The quantitative estimate of drug-likeness (QED) is 0.564.